The number of hydrogen-bond acceptors (Lipinski definition) is 2. The number of thioether (sulfide) groups is 1. The van der Waals surface area contributed by atoms with Crippen molar-refractivity contribution in [2.75, 3.05) is 0 Å². The Labute approximate surface area is 116 Å². The first-order chi connectivity index (χ1) is 8.68. The number of hydrogen-bond donors (Lipinski definition) is 1. The first-order valence-electron chi connectivity index (χ1n) is 7.14. The Balaban J connectivity index is 2.04. The van der Waals surface area contributed by atoms with Gasteiger partial charge in [-0.2, -0.15) is 11.8 Å². The van der Waals surface area contributed by atoms with E-state index in [2.05, 4.69) is 55.9 Å². The maximum atomic E-state index is 6.50. The van der Waals surface area contributed by atoms with E-state index < -0.39 is 0 Å². The normalized spacial score (nSPS) is 20.2. The molecule has 2 heteroatoms. The van der Waals surface area contributed by atoms with Crippen molar-refractivity contribution in [2.24, 2.45) is 11.7 Å². The zero-order valence-electron chi connectivity index (χ0n) is 11.5. The van der Waals surface area contributed by atoms with E-state index in [1.54, 1.807) is 0 Å². The minimum absolute atomic E-state index is 0.164. The fourth-order valence-corrected chi connectivity index (χ4v) is 4.46. The predicted octanol–water partition coefficient (Wildman–Crippen LogP) is 4.39. The third-order valence-electron chi connectivity index (χ3n) is 3.85. The minimum Gasteiger partial charge on any atom is -0.323 e. The summed E-state index contributed by atoms with van der Waals surface area (Å²) in [5.41, 5.74) is 7.78. The average Bonchev–Trinajstić information content (AvgIpc) is 2.89. The van der Waals surface area contributed by atoms with E-state index in [0.717, 1.165) is 5.25 Å². The molecule has 0 aliphatic heterocycles. The van der Waals surface area contributed by atoms with Gasteiger partial charge in [-0.25, -0.2) is 0 Å². The van der Waals surface area contributed by atoms with Crippen LogP contribution < -0.4 is 5.73 Å². The highest BCUT2D eigenvalue weighted by Gasteiger charge is 2.28. The molecule has 1 nitrogen and oxygen atoms in total. The van der Waals surface area contributed by atoms with Crippen molar-refractivity contribution in [2.45, 2.75) is 56.1 Å². The molecule has 0 radical (unpaired) electrons. The largest absolute Gasteiger partial charge is 0.323 e. The maximum Gasteiger partial charge on any atom is 0.0418 e. The van der Waals surface area contributed by atoms with E-state index in [1.807, 2.05) is 0 Å². The summed E-state index contributed by atoms with van der Waals surface area (Å²) in [6, 6.07) is 10.7. The van der Waals surface area contributed by atoms with Gasteiger partial charge < -0.3 is 5.73 Å². The molecular formula is C16H25NS. The van der Waals surface area contributed by atoms with Crippen LogP contribution in [0.4, 0.5) is 0 Å². The van der Waals surface area contributed by atoms with Crippen LogP contribution in [0.1, 0.15) is 51.1 Å². The van der Waals surface area contributed by atoms with Crippen LogP contribution in [-0.2, 0) is 0 Å². The summed E-state index contributed by atoms with van der Waals surface area (Å²) in [4.78, 5) is 0. The van der Waals surface area contributed by atoms with Gasteiger partial charge in [0, 0.05) is 16.5 Å². The minimum atomic E-state index is 0.164. The van der Waals surface area contributed by atoms with Crippen molar-refractivity contribution >= 4 is 11.8 Å². The Morgan fingerprint density at radius 3 is 2.28 bits per heavy atom. The molecule has 0 heterocycles. The lowest BCUT2D eigenvalue weighted by Crippen LogP contribution is -2.29. The Hall–Kier alpha value is -0.470. The van der Waals surface area contributed by atoms with E-state index in [4.69, 9.17) is 5.73 Å². The molecule has 0 spiro atoms. The molecule has 1 aromatic rings. The van der Waals surface area contributed by atoms with Crippen LogP contribution in [-0.4, -0.2) is 10.5 Å². The van der Waals surface area contributed by atoms with Gasteiger partial charge in [0.1, 0.15) is 0 Å². The molecular weight excluding hydrogens is 238 g/mol. The highest BCUT2D eigenvalue weighted by molar-refractivity contribution is 8.00. The third-order valence-corrected chi connectivity index (χ3v) is 5.86. The van der Waals surface area contributed by atoms with Gasteiger partial charge in [0.2, 0.25) is 0 Å². The lowest BCUT2D eigenvalue weighted by atomic mass is 9.97. The molecule has 0 bridgehead atoms. The summed E-state index contributed by atoms with van der Waals surface area (Å²) in [5, 5.41) is 1.38. The number of nitrogens with two attached hydrogens (primary N) is 1. The smallest absolute Gasteiger partial charge is 0.0418 e. The summed E-state index contributed by atoms with van der Waals surface area (Å²) in [5.74, 6) is 0.630. The van der Waals surface area contributed by atoms with E-state index in [0.29, 0.717) is 11.2 Å². The molecule has 0 amide bonds. The average molecular weight is 263 g/mol. The third kappa shape index (κ3) is 3.52. The molecule has 2 rings (SSSR count). The number of benzene rings is 1. The molecule has 100 valence electrons. The molecule has 1 aliphatic rings. The molecule has 1 aliphatic carbocycles. The zero-order chi connectivity index (χ0) is 13.0. The van der Waals surface area contributed by atoms with Gasteiger partial charge in [-0.3, -0.25) is 0 Å². The molecule has 2 unspecified atom stereocenters. The molecule has 2 N–H and O–H groups in total. The van der Waals surface area contributed by atoms with Crippen LogP contribution in [0.5, 0.6) is 0 Å². The molecule has 1 aromatic carbocycles. The Morgan fingerprint density at radius 2 is 1.72 bits per heavy atom. The topological polar surface area (TPSA) is 26.0 Å². The van der Waals surface area contributed by atoms with Crippen LogP contribution in [0.2, 0.25) is 0 Å². The van der Waals surface area contributed by atoms with Crippen LogP contribution in [0.3, 0.4) is 0 Å². The maximum absolute atomic E-state index is 6.50. The standard InChI is InChI=1S/C16H25NS/c1-12(2)16(18-14-10-6-7-11-14)15(17)13-8-4-3-5-9-13/h3-5,8-9,12,14-16H,6-7,10-11,17H2,1-2H3. The van der Waals surface area contributed by atoms with Gasteiger partial charge >= 0.3 is 0 Å². The van der Waals surface area contributed by atoms with E-state index >= 15 is 0 Å². The molecule has 0 saturated heterocycles. The fourth-order valence-electron chi connectivity index (χ4n) is 2.77. The molecule has 1 saturated carbocycles. The van der Waals surface area contributed by atoms with Gasteiger partial charge in [0.05, 0.1) is 0 Å². The highest BCUT2D eigenvalue weighted by atomic mass is 32.2. The summed E-state index contributed by atoms with van der Waals surface area (Å²) in [6.45, 7) is 4.60. The second kappa shape index (κ2) is 6.63. The summed E-state index contributed by atoms with van der Waals surface area (Å²) in [7, 11) is 0. The van der Waals surface area contributed by atoms with Crippen molar-refractivity contribution < 1.29 is 0 Å². The van der Waals surface area contributed by atoms with Gasteiger partial charge in [0.25, 0.3) is 0 Å². The lowest BCUT2D eigenvalue weighted by Gasteiger charge is -2.29. The van der Waals surface area contributed by atoms with E-state index in [9.17, 15) is 0 Å². The Bertz CT molecular complexity index is 343. The van der Waals surface area contributed by atoms with Crippen molar-refractivity contribution in [3.8, 4) is 0 Å². The predicted molar refractivity (Wildman–Crippen MR) is 81.8 cm³/mol. The van der Waals surface area contributed by atoms with Crippen molar-refractivity contribution in [3.63, 3.8) is 0 Å². The quantitative estimate of drug-likeness (QED) is 0.852. The number of rotatable bonds is 5. The van der Waals surface area contributed by atoms with Gasteiger partial charge in [-0.15, -0.1) is 0 Å². The molecule has 2 atom stereocenters. The fraction of sp³-hybridized carbons (Fsp3) is 0.625. The van der Waals surface area contributed by atoms with Crippen LogP contribution in [0.15, 0.2) is 30.3 Å². The molecule has 0 aromatic heterocycles. The second-order valence-electron chi connectivity index (χ2n) is 5.69. The Kier molecular flexibility index (Phi) is 5.13. The van der Waals surface area contributed by atoms with E-state index in [-0.39, 0.29) is 6.04 Å². The van der Waals surface area contributed by atoms with Crippen LogP contribution >= 0.6 is 11.8 Å². The first-order valence-corrected chi connectivity index (χ1v) is 8.08. The zero-order valence-corrected chi connectivity index (χ0v) is 12.3. The van der Waals surface area contributed by atoms with Gasteiger partial charge in [0.15, 0.2) is 0 Å². The SMILES string of the molecule is CC(C)C(SC1CCCC1)C(N)c1ccccc1. The summed E-state index contributed by atoms with van der Waals surface area (Å²) < 4.78 is 0. The van der Waals surface area contributed by atoms with E-state index in [1.165, 1.54) is 31.2 Å². The van der Waals surface area contributed by atoms with Gasteiger partial charge in [-0.05, 0) is 24.3 Å². The van der Waals surface area contributed by atoms with Crippen molar-refractivity contribution in [3.05, 3.63) is 35.9 Å². The van der Waals surface area contributed by atoms with Crippen molar-refractivity contribution in [1.82, 2.24) is 0 Å². The van der Waals surface area contributed by atoms with Crippen LogP contribution in [0, 0.1) is 5.92 Å². The monoisotopic (exact) mass is 263 g/mol. The highest BCUT2D eigenvalue weighted by Crippen LogP contribution is 2.39. The molecule has 18 heavy (non-hydrogen) atoms. The summed E-state index contributed by atoms with van der Waals surface area (Å²) in [6.07, 6.45) is 5.58. The second-order valence-corrected chi connectivity index (χ2v) is 7.17. The van der Waals surface area contributed by atoms with Crippen LogP contribution in [0.25, 0.3) is 0 Å². The molecule has 1 fully saturated rings. The van der Waals surface area contributed by atoms with Gasteiger partial charge in [-0.1, -0.05) is 57.0 Å². The first kappa shape index (κ1) is 14.0. The lowest BCUT2D eigenvalue weighted by molar-refractivity contribution is 0.525. The summed E-state index contributed by atoms with van der Waals surface area (Å²) >= 11 is 2.14. The Morgan fingerprint density at radius 1 is 1.11 bits per heavy atom. The van der Waals surface area contributed by atoms with Crippen molar-refractivity contribution in [1.29, 1.82) is 0 Å².